The Labute approximate surface area is 118 Å². The summed E-state index contributed by atoms with van der Waals surface area (Å²) >= 11 is 0. The molecule has 0 radical (unpaired) electrons. The van der Waals surface area contributed by atoms with Gasteiger partial charge >= 0.3 is 5.97 Å². The Morgan fingerprint density at radius 1 is 1.45 bits per heavy atom. The van der Waals surface area contributed by atoms with Gasteiger partial charge in [-0.2, -0.15) is 0 Å². The molecule has 2 atom stereocenters. The molecule has 0 aliphatic carbocycles. The van der Waals surface area contributed by atoms with Crippen LogP contribution < -0.4 is 0 Å². The van der Waals surface area contributed by atoms with Crippen molar-refractivity contribution in [3.63, 3.8) is 0 Å². The third-order valence-corrected chi connectivity index (χ3v) is 3.61. The number of rotatable bonds is 3. The quantitative estimate of drug-likeness (QED) is 0.907. The smallest absolute Gasteiger partial charge is 0.328 e. The Bertz CT molecular complexity index is 514. The van der Waals surface area contributed by atoms with Gasteiger partial charge in [0.15, 0.2) is 6.04 Å². The van der Waals surface area contributed by atoms with Gasteiger partial charge in [0, 0.05) is 6.54 Å². The largest absolute Gasteiger partial charge is 0.480 e. The van der Waals surface area contributed by atoms with Crippen LogP contribution in [-0.2, 0) is 14.3 Å². The predicted octanol–water partition coefficient (Wildman–Crippen LogP) is 1.41. The van der Waals surface area contributed by atoms with Gasteiger partial charge in [0.2, 0.25) is 5.91 Å². The molecule has 1 saturated heterocycles. The van der Waals surface area contributed by atoms with Gasteiger partial charge in [-0.3, -0.25) is 4.79 Å². The Morgan fingerprint density at radius 3 is 2.85 bits per heavy atom. The summed E-state index contributed by atoms with van der Waals surface area (Å²) in [6.45, 7) is 4.55. The van der Waals surface area contributed by atoms with Gasteiger partial charge in [0.05, 0.1) is 19.1 Å². The van der Waals surface area contributed by atoms with Crippen LogP contribution in [0.15, 0.2) is 24.3 Å². The number of carboxylic acid groups (broad SMARTS) is 1. The molecule has 1 aliphatic rings. The molecule has 1 heterocycles. The molecule has 5 heteroatoms. The lowest BCUT2D eigenvalue weighted by Gasteiger charge is -2.34. The number of aliphatic carboxylic acids is 1. The molecule has 1 fully saturated rings. The van der Waals surface area contributed by atoms with Gasteiger partial charge in [-0.1, -0.05) is 29.8 Å². The van der Waals surface area contributed by atoms with E-state index in [-0.39, 0.29) is 18.4 Å². The molecule has 0 bridgehead atoms. The fraction of sp³-hybridized carbons (Fsp3) is 0.467. The highest BCUT2D eigenvalue weighted by Gasteiger charge is 2.35. The monoisotopic (exact) mass is 277 g/mol. The molecule has 0 spiro atoms. The van der Waals surface area contributed by atoms with Crippen LogP contribution in [0.5, 0.6) is 0 Å². The Morgan fingerprint density at radius 2 is 2.20 bits per heavy atom. The molecular weight excluding hydrogens is 258 g/mol. The molecule has 0 saturated carbocycles. The van der Waals surface area contributed by atoms with E-state index in [9.17, 15) is 14.7 Å². The first-order chi connectivity index (χ1) is 9.50. The lowest BCUT2D eigenvalue weighted by atomic mass is 9.97. The summed E-state index contributed by atoms with van der Waals surface area (Å²) in [4.78, 5) is 25.2. The van der Waals surface area contributed by atoms with Crippen LogP contribution >= 0.6 is 0 Å². The molecule has 0 unspecified atom stereocenters. The minimum Gasteiger partial charge on any atom is -0.480 e. The van der Waals surface area contributed by atoms with Gasteiger partial charge in [-0.05, 0) is 19.4 Å². The second kappa shape index (κ2) is 6.05. The number of amides is 1. The van der Waals surface area contributed by atoms with Crippen molar-refractivity contribution >= 4 is 11.9 Å². The summed E-state index contributed by atoms with van der Waals surface area (Å²) in [5, 5.41) is 9.18. The number of ether oxygens (including phenoxy) is 1. The zero-order valence-corrected chi connectivity index (χ0v) is 11.7. The summed E-state index contributed by atoms with van der Waals surface area (Å²) in [7, 11) is 0. The summed E-state index contributed by atoms with van der Waals surface area (Å²) in [5.41, 5.74) is 1.99. The number of carbonyl (C=O) groups is 2. The van der Waals surface area contributed by atoms with Gasteiger partial charge < -0.3 is 14.7 Å². The van der Waals surface area contributed by atoms with E-state index >= 15 is 0 Å². The van der Waals surface area contributed by atoms with Crippen molar-refractivity contribution in [1.82, 2.24) is 4.90 Å². The summed E-state index contributed by atoms with van der Waals surface area (Å²) in [6.07, 6.45) is 0. The summed E-state index contributed by atoms with van der Waals surface area (Å²) < 4.78 is 5.15. The Balaban J connectivity index is 2.18. The van der Waals surface area contributed by atoms with Gasteiger partial charge in [0.25, 0.3) is 0 Å². The van der Waals surface area contributed by atoms with Crippen LogP contribution in [0.3, 0.4) is 0 Å². The number of carboxylic acids is 1. The second-order valence-corrected chi connectivity index (χ2v) is 5.10. The number of nitrogens with zero attached hydrogens (tertiary/aromatic N) is 1. The Kier molecular flexibility index (Phi) is 4.39. The molecule has 1 aromatic carbocycles. The zero-order valence-electron chi connectivity index (χ0n) is 11.7. The number of morpholine rings is 1. The summed E-state index contributed by atoms with van der Waals surface area (Å²) in [6, 6.07) is 6.84. The lowest BCUT2D eigenvalue weighted by Crippen LogP contribution is -2.53. The van der Waals surface area contributed by atoms with E-state index in [1.54, 1.807) is 0 Å². The van der Waals surface area contributed by atoms with Crippen molar-refractivity contribution in [2.75, 3.05) is 19.8 Å². The van der Waals surface area contributed by atoms with Crippen molar-refractivity contribution in [2.45, 2.75) is 25.8 Å². The first kappa shape index (κ1) is 14.5. The number of benzene rings is 1. The highest BCUT2D eigenvalue weighted by Crippen LogP contribution is 2.21. The van der Waals surface area contributed by atoms with Crippen molar-refractivity contribution in [1.29, 1.82) is 0 Å². The minimum atomic E-state index is -1.02. The minimum absolute atomic E-state index is 0.0572. The van der Waals surface area contributed by atoms with Crippen LogP contribution in [0.1, 0.15) is 24.0 Å². The number of hydrogen-bond acceptors (Lipinski definition) is 3. The van der Waals surface area contributed by atoms with Crippen molar-refractivity contribution in [2.24, 2.45) is 0 Å². The Hall–Kier alpha value is -1.88. The average Bonchev–Trinajstić information content (AvgIpc) is 2.45. The second-order valence-electron chi connectivity index (χ2n) is 5.10. The first-order valence-corrected chi connectivity index (χ1v) is 6.68. The number of aryl methyl sites for hydroxylation is 1. The van der Waals surface area contributed by atoms with Crippen LogP contribution in [0, 0.1) is 6.92 Å². The standard InChI is InChI=1S/C15H19NO4/c1-10-4-3-5-12(8-10)11(2)14(17)16-6-7-20-9-13(16)15(18)19/h3-5,8,11,13H,6-7,9H2,1-2H3,(H,18,19)/t11-,13-/m1/s1. The predicted molar refractivity (Wildman–Crippen MR) is 73.5 cm³/mol. The summed E-state index contributed by atoms with van der Waals surface area (Å²) in [5.74, 6) is -1.53. The van der Waals surface area contributed by atoms with Crippen LogP contribution in [0.25, 0.3) is 0 Å². The van der Waals surface area contributed by atoms with E-state index in [0.717, 1.165) is 11.1 Å². The zero-order chi connectivity index (χ0) is 14.7. The molecule has 5 nitrogen and oxygen atoms in total. The topological polar surface area (TPSA) is 66.8 Å². The molecule has 1 aliphatic heterocycles. The molecule has 1 aromatic rings. The van der Waals surface area contributed by atoms with Crippen molar-refractivity contribution in [3.8, 4) is 0 Å². The highest BCUT2D eigenvalue weighted by molar-refractivity contribution is 5.88. The van der Waals surface area contributed by atoms with Gasteiger partial charge in [0.1, 0.15) is 0 Å². The molecule has 20 heavy (non-hydrogen) atoms. The maximum atomic E-state index is 12.5. The number of carbonyl (C=O) groups excluding carboxylic acids is 1. The SMILES string of the molecule is Cc1cccc([C@@H](C)C(=O)N2CCOC[C@@H]2C(=O)O)c1. The van der Waals surface area contributed by atoms with Gasteiger partial charge in [-0.25, -0.2) is 4.79 Å². The lowest BCUT2D eigenvalue weighted by molar-refractivity contribution is -0.158. The van der Waals surface area contributed by atoms with Crippen LogP contribution in [0.4, 0.5) is 0 Å². The van der Waals surface area contributed by atoms with E-state index in [4.69, 9.17) is 4.74 Å². The fourth-order valence-electron chi connectivity index (χ4n) is 2.40. The average molecular weight is 277 g/mol. The molecule has 108 valence electrons. The molecule has 1 amide bonds. The van der Waals surface area contributed by atoms with E-state index in [2.05, 4.69) is 0 Å². The third-order valence-electron chi connectivity index (χ3n) is 3.61. The van der Waals surface area contributed by atoms with E-state index < -0.39 is 12.0 Å². The van der Waals surface area contributed by atoms with E-state index in [0.29, 0.717) is 13.2 Å². The molecule has 1 N–H and O–H groups in total. The van der Waals surface area contributed by atoms with Crippen molar-refractivity contribution < 1.29 is 19.4 Å². The van der Waals surface area contributed by atoms with E-state index in [1.165, 1.54) is 4.90 Å². The normalized spacial score (nSPS) is 20.5. The van der Waals surface area contributed by atoms with Gasteiger partial charge in [-0.15, -0.1) is 0 Å². The third kappa shape index (κ3) is 2.99. The fourth-order valence-corrected chi connectivity index (χ4v) is 2.40. The van der Waals surface area contributed by atoms with Crippen LogP contribution in [0.2, 0.25) is 0 Å². The van der Waals surface area contributed by atoms with Crippen LogP contribution in [-0.4, -0.2) is 47.7 Å². The van der Waals surface area contributed by atoms with E-state index in [1.807, 2.05) is 38.1 Å². The molecule has 0 aromatic heterocycles. The number of hydrogen-bond donors (Lipinski definition) is 1. The maximum absolute atomic E-state index is 12.5. The first-order valence-electron chi connectivity index (χ1n) is 6.68. The maximum Gasteiger partial charge on any atom is 0.328 e. The molecule has 2 rings (SSSR count). The van der Waals surface area contributed by atoms with Crippen molar-refractivity contribution in [3.05, 3.63) is 35.4 Å². The molecular formula is C15H19NO4. The highest BCUT2D eigenvalue weighted by atomic mass is 16.5.